The molecule has 10 nitrogen and oxygen atoms in total. The molecule has 1 atom stereocenters. The molecule has 0 bridgehead atoms. The summed E-state index contributed by atoms with van der Waals surface area (Å²) in [6.07, 6.45) is 5.65. The van der Waals surface area contributed by atoms with Crippen molar-refractivity contribution in [2.45, 2.75) is 4.90 Å². The molecule has 4 N–H and O–H groups in total. The summed E-state index contributed by atoms with van der Waals surface area (Å²) in [5, 5.41) is 11.3. The van der Waals surface area contributed by atoms with Crippen LogP contribution in [0.1, 0.15) is 10.5 Å². The summed E-state index contributed by atoms with van der Waals surface area (Å²) in [5.74, 6) is -0.0413. The van der Waals surface area contributed by atoms with E-state index in [4.69, 9.17) is 0 Å². The molecule has 0 saturated heterocycles. The molecular formula is C21H21N7O3S. The highest BCUT2D eigenvalue weighted by Gasteiger charge is 2.12. The van der Waals surface area contributed by atoms with Crippen molar-refractivity contribution in [2.75, 3.05) is 29.3 Å². The highest BCUT2D eigenvalue weighted by molar-refractivity contribution is 7.84. The number of hydrogen-bond acceptors (Lipinski definition) is 8. The van der Waals surface area contributed by atoms with Crippen molar-refractivity contribution >= 4 is 51.4 Å². The quantitative estimate of drug-likeness (QED) is 0.384. The van der Waals surface area contributed by atoms with Crippen molar-refractivity contribution in [3.63, 3.8) is 0 Å². The molecule has 3 aromatic rings. The second kappa shape index (κ2) is 10.3. The van der Waals surface area contributed by atoms with E-state index in [1.165, 1.54) is 31.8 Å². The van der Waals surface area contributed by atoms with Gasteiger partial charge in [0.15, 0.2) is 5.82 Å². The SMILES string of the molecule is C=CC(=O)Nc1cccc(Nc2nc(Nc3ccc(C(=O)NC)nc3)ncc2S(C)=O)c1. The molecule has 2 amide bonds. The topological polar surface area (TPSA) is 138 Å². The average molecular weight is 452 g/mol. The van der Waals surface area contributed by atoms with E-state index in [-0.39, 0.29) is 23.5 Å². The third-order valence-electron chi connectivity index (χ3n) is 4.12. The Labute approximate surface area is 187 Å². The maximum absolute atomic E-state index is 12.2. The molecule has 0 radical (unpaired) electrons. The average Bonchev–Trinajstić information content (AvgIpc) is 2.79. The minimum atomic E-state index is -1.35. The molecule has 11 heteroatoms. The first kappa shape index (κ1) is 22.6. The molecule has 0 aliphatic heterocycles. The van der Waals surface area contributed by atoms with E-state index in [9.17, 15) is 13.8 Å². The molecule has 0 saturated carbocycles. The number of anilines is 5. The third kappa shape index (κ3) is 5.73. The largest absolute Gasteiger partial charge is 0.354 e. The zero-order valence-corrected chi connectivity index (χ0v) is 18.2. The summed E-state index contributed by atoms with van der Waals surface area (Å²) in [5.41, 5.74) is 2.04. The van der Waals surface area contributed by atoms with E-state index < -0.39 is 10.8 Å². The molecule has 32 heavy (non-hydrogen) atoms. The first-order valence-electron chi connectivity index (χ1n) is 9.35. The molecule has 3 rings (SSSR count). The van der Waals surface area contributed by atoms with Crippen LogP contribution in [0.3, 0.4) is 0 Å². The van der Waals surface area contributed by atoms with Gasteiger partial charge in [0.1, 0.15) is 5.69 Å². The number of aromatic nitrogens is 3. The number of hydrogen-bond donors (Lipinski definition) is 4. The standard InChI is InChI=1S/C21H21N7O3S/c1-4-18(29)25-13-6-5-7-14(10-13)26-19-17(32(3)31)12-24-21(28-19)27-15-8-9-16(23-11-15)20(30)22-2/h4-12H,1H2,2-3H3,(H,22,30)(H,25,29)(H2,24,26,27,28). The Morgan fingerprint density at radius 2 is 1.81 bits per heavy atom. The van der Waals surface area contributed by atoms with Gasteiger partial charge in [0.25, 0.3) is 5.91 Å². The fourth-order valence-corrected chi connectivity index (χ4v) is 3.17. The zero-order valence-electron chi connectivity index (χ0n) is 17.4. The number of pyridine rings is 1. The van der Waals surface area contributed by atoms with Gasteiger partial charge >= 0.3 is 0 Å². The van der Waals surface area contributed by atoms with E-state index >= 15 is 0 Å². The van der Waals surface area contributed by atoms with E-state index in [0.29, 0.717) is 27.8 Å². The maximum atomic E-state index is 12.2. The number of rotatable bonds is 8. The lowest BCUT2D eigenvalue weighted by Gasteiger charge is -2.13. The van der Waals surface area contributed by atoms with Gasteiger partial charge in [-0.25, -0.2) is 9.97 Å². The number of nitrogens with zero attached hydrogens (tertiary/aromatic N) is 3. The molecule has 1 unspecified atom stereocenters. The van der Waals surface area contributed by atoms with E-state index in [0.717, 1.165) is 0 Å². The Bertz CT molecular complexity index is 1180. The molecular weight excluding hydrogens is 430 g/mol. The number of amides is 2. The molecule has 2 aromatic heterocycles. The highest BCUT2D eigenvalue weighted by Crippen LogP contribution is 2.25. The Balaban J connectivity index is 1.84. The van der Waals surface area contributed by atoms with Crippen LogP contribution in [0.4, 0.5) is 28.8 Å². The molecule has 2 heterocycles. The molecule has 0 spiro atoms. The lowest BCUT2D eigenvalue weighted by atomic mass is 10.2. The van der Waals surface area contributed by atoms with Crippen molar-refractivity contribution < 1.29 is 13.8 Å². The zero-order chi connectivity index (χ0) is 23.1. The van der Waals surface area contributed by atoms with Gasteiger partial charge in [-0.1, -0.05) is 12.6 Å². The lowest BCUT2D eigenvalue weighted by Crippen LogP contribution is -2.19. The van der Waals surface area contributed by atoms with Crippen LogP contribution in [0.2, 0.25) is 0 Å². The minimum absolute atomic E-state index is 0.243. The molecule has 0 aliphatic carbocycles. The van der Waals surface area contributed by atoms with Gasteiger partial charge in [-0.15, -0.1) is 0 Å². The van der Waals surface area contributed by atoms with Crippen LogP contribution >= 0.6 is 0 Å². The van der Waals surface area contributed by atoms with Crippen LogP contribution < -0.4 is 21.3 Å². The summed E-state index contributed by atoms with van der Waals surface area (Å²) >= 11 is 0. The van der Waals surface area contributed by atoms with E-state index in [1.807, 2.05) is 0 Å². The van der Waals surface area contributed by atoms with Gasteiger partial charge in [-0.2, -0.15) is 4.98 Å². The van der Waals surface area contributed by atoms with Crippen LogP contribution in [-0.4, -0.2) is 44.3 Å². The molecule has 0 fully saturated rings. The van der Waals surface area contributed by atoms with Crippen LogP contribution in [0.25, 0.3) is 0 Å². The van der Waals surface area contributed by atoms with Crippen LogP contribution in [0.5, 0.6) is 0 Å². The minimum Gasteiger partial charge on any atom is -0.354 e. The van der Waals surface area contributed by atoms with Crippen LogP contribution in [-0.2, 0) is 15.6 Å². The smallest absolute Gasteiger partial charge is 0.269 e. The predicted molar refractivity (Wildman–Crippen MR) is 124 cm³/mol. The third-order valence-corrected chi connectivity index (χ3v) is 5.04. The highest BCUT2D eigenvalue weighted by atomic mass is 32.2. The first-order valence-corrected chi connectivity index (χ1v) is 10.9. The second-order valence-electron chi connectivity index (χ2n) is 6.40. The second-order valence-corrected chi connectivity index (χ2v) is 7.74. The summed E-state index contributed by atoms with van der Waals surface area (Å²) in [6.45, 7) is 3.43. The van der Waals surface area contributed by atoms with Gasteiger partial charge < -0.3 is 21.3 Å². The number of carbonyl (C=O) groups is 2. The van der Waals surface area contributed by atoms with Crippen molar-refractivity contribution in [1.82, 2.24) is 20.3 Å². The predicted octanol–water partition coefficient (Wildman–Crippen LogP) is 2.58. The van der Waals surface area contributed by atoms with Gasteiger partial charge in [-0.05, 0) is 36.4 Å². The van der Waals surface area contributed by atoms with Crippen molar-refractivity contribution in [3.8, 4) is 0 Å². The maximum Gasteiger partial charge on any atom is 0.269 e. The summed E-state index contributed by atoms with van der Waals surface area (Å²) in [6, 6.07) is 10.2. The van der Waals surface area contributed by atoms with Gasteiger partial charge in [0.2, 0.25) is 11.9 Å². The molecule has 1 aromatic carbocycles. The summed E-state index contributed by atoms with van der Waals surface area (Å²) in [4.78, 5) is 36.3. The van der Waals surface area contributed by atoms with Gasteiger partial charge in [-0.3, -0.25) is 13.8 Å². The van der Waals surface area contributed by atoms with E-state index in [2.05, 4.69) is 42.8 Å². The Kier molecular flexibility index (Phi) is 7.24. The number of benzene rings is 1. The first-order chi connectivity index (χ1) is 15.4. The summed E-state index contributed by atoms with van der Waals surface area (Å²) < 4.78 is 12.2. The summed E-state index contributed by atoms with van der Waals surface area (Å²) in [7, 11) is 0.179. The Morgan fingerprint density at radius 3 is 2.47 bits per heavy atom. The van der Waals surface area contributed by atoms with Crippen molar-refractivity contribution in [2.24, 2.45) is 0 Å². The van der Waals surface area contributed by atoms with Gasteiger partial charge in [0, 0.05) is 24.7 Å². The van der Waals surface area contributed by atoms with E-state index in [1.54, 1.807) is 36.4 Å². The Morgan fingerprint density at radius 1 is 1.03 bits per heavy atom. The monoisotopic (exact) mass is 451 g/mol. The Hall–Kier alpha value is -4.12. The van der Waals surface area contributed by atoms with Crippen LogP contribution in [0, 0.1) is 0 Å². The number of carbonyl (C=O) groups excluding carboxylic acids is 2. The fraction of sp³-hybridized carbons (Fsp3) is 0.0952. The normalized spacial score (nSPS) is 11.2. The lowest BCUT2D eigenvalue weighted by molar-refractivity contribution is -0.111. The molecule has 164 valence electrons. The fourth-order valence-electron chi connectivity index (χ4n) is 2.59. The number of nitrogens with one attached hydrogen (secondary N) is 4. The van der Waals surface area contributed by atoms with Crippen molar-refractivity contribution in [3.05, 3.63) is 67.1 Å². The molecule has 0 aliphatic rings. The van der Waals surface area contributed by atoms with Crippen molar-refractivity contribution in [1.29, 1.82) is 0 Å². The van der Waals surface area contributed by atoms with Gasteiger partial charge in [0.05, 0.1) is 33.8 Å². The van der Waals surface area contributed by atoms with Crippen LogP contribution in [0.15, 0.2) is 66.3 Å².